The topological polar surface area (TPSA) is 89.1 Å². The Hall–Kier alpha value is -3.13. The van der Waals surface area contributed by atoms with Gasteiger partial charge >= 0.3 is 0 Å². The molecule has 8 nitrogen and oxygen atoms in total. The summed E-state index contributed by atoms with van der Waals surface area (Å²) in [5.41, 5.74) is 2.87. The minimum atomic E-state index is -0.494. The first-order valence-electron chi connectivity index (χ1n) is 9.24. The number of rotatable bonds is 6. The molecule has 2 aromatic carbocycles. The molecule has 0 saturated carbocycles. The predicted molar refractivity (Wildman–Crippen MR) is 107 cm³/mol. The predicted octanol–water partition coefficient (Wildman–Crippen LogP) is 1.26. The van der Waals surface area contributed by atoms with Gasteiger partial charge in [0.25, 0.3) is 11.6 Å². The summed E-state index contributed by atoms with van der Waals surface area (Å²) < 4.78 is 5.17. The highest BCUT2D eigenvalue weighted by atomic mass is 16.6. The van der Waals surface area contributed by atoms with Gasteiger partial charge in [0.15, 0.2) is 6.54 Å². The van der Waals surface area contributed by atoms with Gasteiger partial charge in [0, 0.05) is 11.8 Å². The molecular weight excluding hydrogens is 360 g/mol. The number of aryl methyl sites for hydroxylation is 1. The largest absolute Gasteiger partial charge is 0.494 e. The Morgan fingerprint density at radius 3 is 2.61 bits per heavy atom. The van der Waals surface area contributed by atoms with Crippen LogP contribution in [0.4, 0.5) is 17.1 Å². The SMILES string of the molecule is COc1cc([N+](=O)[O-])ccc1NC(=O)C[NH+]1CCN(c2ccccc2C)CC1. The zero-order valence-corrected chi connectivity index (χ0v) is 16.1. The number of quaternary nitrogens is 1. The lowest BCUT2D eigenvalue weighted by Crippen LogP contribution is -3.15. The normalized spacial score (nSPS) is 14.6. The second-order valence-corrected chi connectivity index (χ2v) is 6.89. The lowest BCUT2D eigenvalue weighted by molar-refractivity contribution is -0.892. The molecule has 1 heterocycles. The molecule has 0 aliphatic carbocycles. The van der Waals surface area contributed by atoms with Crippen LogP contribution in [-0.2, 0) is 4.79 Å². The van der Waals surface area contributed by atoms with E-state index in [0.29, 0.717) is 12.2 Å². The molecule has 1 aliphatic heterocycles. The molecule has 1 saturated heterocycles. The van der Waals surface area contributed by atoms with Gasteiger partial charge in [-0.05, 0) is 24.6 Å². The summed E-state index contributed by atoms with van der Waals surface area (Å²) >= 11 is 0. The Morgan fingerprint density at radius 1 is 1.25 bits per heavy atom. The van der Waals surface area contributed by atoms with Crippen molar-refractivity contribution in [2.75, 3.05) is 50.1 Å². The molecule has 1 amide bonds. The Kier molecular flexibility index (Phi) is 6.10. The summed E-state index contributed by atoms with van der Waals surface area (Å²) in [5.74, 6) is 0.147. The maximum absolute atomic E-state index is 12.4. The Bertz CT molecular complexity index is 863. The van der Waals surface area contributed by atoms with Gasteiger partial charge in [-0.25, -0.2) is 0 Å². The number of carbonyl (C=O) groups is 1. The summed E-state index contributed by atoms with van der Waals surface area (Å²) in [5, 5.41) is 13.7. The minimum absolute atomic E-state index is 0.0761. The van der Waals surface area contributed by atoms with Crippen LogP contribution in [0.2, 0.25) is 0 Å². The van der Waals surface area contributed by atoms with Crippen molar-refractivity contribution in [3.63, 3.8) is 0 Å². The van der Waals surface area contributed by atoms with Crippen LogP contribution in [-0.4, -0.2) is 50.7 Å². The first kappa shape index (κ1) is 19.6. The number of carbonyl (C=O) groups excluding carboxylic acids is 1. The summed E-state index contributed by atoms with van der Waals surface area (Å²) in [6.07, 6.45) is 0. The molecular formula is C20H25N4O4+. The van der Waals surface area contributed by atoms with E-state index in [0.717, 1.165) is 26.2 Å². The fraction of sp³-hybridized carbons (Fsp3) is 0.350. The van der Waals surface area contributed by atoms with E-state index >= 15 is 0 Å². The van der Waals surface area contributed by atoms with Crippen LogP contribution in [0.5, 0.6) is 5.75 Å². The first-order valence-corrected chi connectivity index (χ1v) is 9.24. The van der Waals surface area contributed by atoms with Crippen LogP contribution in [0.1, 0.15) is 5.56 Å². The number of methoxy groups -OCH3 is 1. The molecule has 28 heavy (non-hydrogen) atoms. The molecule has 3 rings (SSSR count). The fourth-order valence-electron chi connectivity index (χ4n) is 3.48. The lowest BCUT2D eigenvalue weighted by atomic mass is 10.1. The van der Waals surface area contributed by atoms with Crippen molar-refractivity contribution in [1.82, 2.24) is 0 Å². The summed E-state index contributed by atoms with van der Waals surface area (Å²) in [6.45, 7) is 6.00. The Morgan fingerprint density at radius 2 is 1.96 bits per heavy atom. The van der Waals surface area contributed by atoms with Gasteiger partial charge in [0.05, 0.1) is 50.0 Å². The number of amides is 1. The number of piperazine rings is 1. The van der Waals surface area contributed by atoms with E-state index in [-0.39, 0.29) is 17.3 Å². The third-order valence-electron chi connectivity index (χ3n) is 5.01. The van der Waals surface area contributed by atoms with Crippen molar-refractivity contribution in [3.8, 4) is 5.75 Å². The maximum Gasteiger partial charge on any atom is 0.279 e. The van der Waals surface area contributed by atoms with Crippen LogP contribution in [0.25, 0.3) is 0 Å². The Balaban J connectivity index is 1.55. The molecule has 0 atom stereocenters. The second-order valence-electron chi connectivity index (χ2n) is 6.89. The molecule has 0 aromatic heterocycles. The third-order valence-corrected chi connectivity index (χ3v) is 5.01. The minimum Gasteiger partial charge on any atom is -0.494 e. The number of nitrogens with one attached hydrogen (secondary N) is 2. The lowest BCUT2D eigenvalue weighted by Gasteiger charge is -2.34. The first-order chi connectivity index (χ1) is 13.5. The molecule has 1 aliphatic rings. The average Bonchev–Trinajstić information content (AvgIpc) is 2.69. The van der Waals surface area contributed by atoms with Crippen LogP contribution in [0.15, 0.2) is 42.5 Å². The highest BCUT2D eigenvalue weighted by molar-refractivity contribution is 5.93. The number of para-hydroxylation sites is 1. The van der Waals surface area contributed by atoms with Crippen molar-refractivity contribution in [2.45, 2.75) is 6.92 Å². The van der Waals surface area contributed by atoms with Crippen LogP contribution >= 0.6 is 0 Å². The summed E-state index contributed by atoms with van der Waals surface area (Å²) in [6, 6.07) is 12.5. The van der Waals surface area contributed by atoms with Gasteiger partial charge in [-0.3, -0.25) is 14.9 Å². The number of nitro groups is 1. The number of hydrogen-bond donors (Lipinski definition) is 2. The molecule has 1 fully saturated rings. The van der Waals surface area contributed by atoms with E-state index in [1.54, 1.807) is 0 Å². The number of nitro benzene ring substituents is 1. The number of non-ortho nitro benzene ring substituents is 1. The van der Waals surface area contributed by atoms with Gasteiger partial charge < -0.3 is 19.9 Å². The molecule has 148 valence electrons. The fourth-order valence-corrected chi connectivity index (χ4v) is 3.48. The Labute approximate surface area is 163 Å². The van der Waals surface area contributed by atoms with E-state index in [1.165, 1.54) is 41.5 Å². The summed E-state index contributed by atoms with van der Waals surface area (Å²) in [7, 11) is 1.42. The van der Waals surface area contributed by atoms with E-state index in [4.69, 9.17) is 4.74 Å². The van der Waals surface area contributed by atoms with Gasteiger partial charge in [0.1, 0.15) is 5.75 Å². The third kappa shape index (κ3) is 4.58. The molecule has 2 N–H and O–H groups in total. The standard InChI is InChI=1S/C20H24N4O4/c1-15-5-3-4-6-18(15)23-11-9-22(10-12-23)14-20(25)21-17-8-7-16(24(26)27)13-19(17)28-2/h3-8,13H,9-12,14H2,1-2H3,(H,21,25)/p+1. The molecule has 8 heteroatoms. The zero-order chi connectivity index (χ0) is 20.1. The van der Waals surface area contributed by atoms with Crippen LogP contribution < -0.4 is 19.9 Å². The molecule has 0 bridgehead atoms. The summed E-state index contributed by atoms with van der Waals surface area (Å²) in [4.78, 5) is 26.4. The van der Waals surface area contributed by atoms with Crippen molar-refractivity contribution in [3.05, 3.63) is 58.1 Å². The molecule has 0 radical (unpaired) electrons. The van der Waals surface area contributed by atoms with Gasteiger partial charge in [-0.2, -0.15) is 0 Å². The maximum atomic E-state index is 12.4. The second kappa shape index (κ2) is 8.71. The highest BCUT2D eigenvalue weighted by Gasteiger charge is 2.23. The molecule has 2 aromatic rings. The zero-order valence-electron chi connectivity index (χ0n) is 16.1. The quantitative estimate of drug-likeness (QED) is 0.577. The number of hydrogen-bond acceptors (Lipinski definition) is 5. The van der Waals surface area contributed by atoms with E-state index < -0.39 is 4.92 Å². The molecule has 0 spiro atoms. The van der Waals surface area contributed by atoms with Gasteiger partial charge in [0.2, 0.25) is 0 Å². The van der Waals surface area contributed by atoms with Crippen molar-refractivity contribution in [2.24, 2.45) is 0 Å². The van der Waals surface area contributed by atoms with Crippen LogP contribution in [0.3, 0.4) is 0 Å². The van der Waals surface area contributed by atoms with E-state index in [9.17, 15) is 14.9 Å². The van der Waals surface area contributed by atoms with Crippen LogP contribution in [0, 0.1) is 17.0 Å². The van der Waals surface area contributed by atoms with E-state index in [2.05, 4.69) is 29.3 Å². The van der Waals surface area contributed by atoms with Gasteiger partial charge in [-0.15, -0.1) is 0 Å². The van der Waals surface area contributed by atoms with Crippen molar-refractivity contribution in [1.29, 1.82) is 0 Å². The smallest absolute Gasteiger partial charge is 0.279 e. The van der Waals surface area contributed by atoms with Crippen molar-refractivity contribution < 1.29 is 19.4 Å². The number of ether oxygens (including phenoxy) is 1. The highest BCUT2D eigenvalue weighted by Crippen LogP contribution is 2.28. The van der Waals surface area contributed by atoms with Gasteiger partial charge in [-0.1, -0.05) is 18.2 Å². The van der Waals surface area contributed by atoms with E-state index in [1.807, 2.05) is 12.1 Å². The average molecular weight is 385 g/mol. The number of benzene rings is 2. The number of nitrogens with zero attached hydrogens (tertiary/aromatic N) is 2. The molecule has 0 unspecified atom stereocenters. The van der Waals surface area contributed by atoms with Crippen molar-refractivity contribution >= 4 is 23.0 Å². The number of anilines is 2. The monoisotopic (exact) mass is 385 g/mol.